The number of urea groups is 1. The van der Waals surface area contributed by atoms with Gasteiger partial charge >= 0.3 is 6.03 Å². The fourth-order valence-corrected chi connectivity index (χ4v) is 2.66. The molecule has 1 aliphatic heterocycles. The van der Waals surface area contributed by atoms with E-state index in [4.69, 9.17) is 21.1 Å². The van der Waals surface area contributed by atoms with Crippen molar-refractivity contribution in [2.75, 3.05) is 32.7 Å². The van der Waals surface area contributed by atoms with E-state index in [9.17, 15) is 25.0 Å². The highest BCUT2D eigenvalue weighted by Crippen LogP contribution is 2.26. The highest BCUT2D eigenvalue weighted by atomic mass is 35.5. The zero-order valence-corrected chi connectivity index (χ0v) is 13.9. The number of aliphatic hydroxyl groups excluding tert-OH is 3. The lowest BCUT2D eigenvalue weighted by Crippen LogP contribution is -2.66. The summed E-state index contributed by atoms with van der Waals surface area (Å²) in [4.78, 5) is 24.4. The highest BCUT2D eigenvalue weighted by molar-refractivity contribution is 6.18. The number of nitroso groups, excluding NO2 is 1. The second-order valence-corrected chi connectivity index (χ2v) is 5.43. The molecule has 3 N–H and O–H groups in total. The number of halogens is 1. The van der Waals surface area contributed by atoms with E-state index in [1.165, 1.54) is 13.2 Å². The zero-order valence-electron chi connectivity index (χ0n) is 13.2. The molecule has 24 heavy (non-hydrogen) atoms. The number of nitrogens with zero attached hydrogens (tertiary/aromatic N) is 3. The van der Waals surface area contributed by atoms with Crippen molar-refractivity contribution in [3.8, 4) is 0 Å². The quantitative estimate of drug-likeness (QED) is 0.223. The number of carbonyl (C=O) groups is 1. The Morgan fingerprint density at radius 1 is 1.46 bits per heavy atom. The van der Waals surface area contributed by atoms with Crippen molar-refractivity contribution in [2.45, 2.75) is 30.6 Å². The van der Waals surface area contributed by atoms with Crippen LogP contribution in [0.1, 0.15) is 0 Å². The Hall–Kier alpha value is -1.30. The molecule has 0 saturated carbocycles. The molecule has 0 radical (unpaired) electrons. The van der Waals surface area contributed by atoms with E-state index in [2.05, 4.69) is 11.9 Å². The summed E-state index contributed by atoms with van der Waals surface area (Å²) in [5.41, 5.74) is 0. The van der Waals surface area contributed by atoms with Gasteiger partial charge in [0.25, 0.3) is 0 Å². The van der Waals surface area contributed by atoms with Crippen molar-refractivity contribution in [1.29, 1.82) is 0 Å². The average molecular weight is 368 g/mol. The smallest absolute Gasteiger partial charge is 0.343 e. The number of hydrogen-bond acceptors (Lipinski definition) is 8. The van der Waals surface area contributed by atoms with Gasteiger partial charge in [-0.15, -0.1) is 23.1 Å². The van der Waals surface area contributed by atoms with Gasteiger partial charge in [0.05, 0.1) is 24.5 Å². The van der Waals surface area contributed by atoms with E-state index in [-0.39, 0.29) is 19.0 Å². The maximum absolute atomic E-state index is 12.5. The number of amides is 2. The number of methoxy groups -OCH3 is 1. The van der Waals surface area contributed by atoms with Crippen molar-refractivity contribution < 1.29 is 29.6 Å². The summed E-state index contributed by atoms with van der Waals surface area (Å²) in [5, 5.41) is 33.2. The van der Waals surface area contributed by atoms with E-state index in [1.807, 2.05) is 0 Å². The Balaban J connectivity index is 3.16. The van der Waals surface area contributed by atoms with Crippen LogP contribution in [0.4, 0.5) is 4.79 Å². The molecule has 5 atom stereocenters. The SMILES string of the molecule is C=CCN(C(=O)N(CCCl)N=O)[C@H]1[C@@H](O)[C@@H](OC)O[C@H](CO)[C@H]1O. The molecule has 1 heterocycles. The van der Waals surface area contributed by atoms with Crippen LogP contribution in [-0.4, -0.2) is 94.6 Å². The van der Waals surface area contributed by atoms with Crippen LogP contribution >= 0.6 is 11.6 Å². The fraction of sp³-hybridized carbons (Fsp3) is 0.769. The van der Waals surface area contributed by atoms with Crippen LogP contribution < -0.4 is 0 Å². The van der Waals surface area contributed by atoms with Gasteiger partial charge in [0.15, 0.2) is 6.29 Å². The molecule has 11 heteroatoms. The maximum atomic E-state index is 12.5. The number of ether oxygens (including phenoxy) is 2. The largest absolute Gasteiger partial charge is 0.394 e. The third kappa shape index (κ3) is 4.41. The van der Waals surface area contributed by atoms with Crippen LogP contribution in [0.5, 0.6) is 0 Å². The molecule has 0 bridgehead atoms. The first-order valence-corrected chi connectivity index (χ1v) is 7.73. The van der Waals surface area contributed by atoms with Gasteiger partial charge in [-0.25, -0.2) is 4.79 Å². The summed E-state index contributed by atoms with van der Waals surface area (Å²) in [6, 6.07) is -2.09. The van der Waals surface area contributed by atoms with Crippen LogP contribution in [-0.2, 0) is 9.47 Å². The second kappa shape index (κ2) is 9.87. The van der Waals surface area contributed by atoms with Crippen molar-refractivity contribution in [3.05, 3.63) is 17.6 Å². The average Bonchev–Trinajstić information content (AvgIpc) is 2.58. The molecule has 138 valence electrons. The van der Waals surface area contributed by atoms with Crippen molar-refractivity contribution in [1.82, 2.24) is 9.91 Å². The van der Waals surface area contributed by atoms with Crippen molar-refractivity contribution in [2.24, 2.45) is 5.29 Å². The van der Waals surface area contributed by atoms with Crippen LogP contribution in [0, 0.1) is 4.91 Å². The topological polar surface area (TPSA) is 132 Å². The molecular weight excluding hydrogens is 346 g/mol. The van der Waals surface area contributed by atoms with E-state index >= 15 is 0 Å². The van der Waals surface area contributed by atoms with Crippen LogP contribution in [0.25, 0.3) is 0 Å². The molecule has 0 aromatic carbocycles. The monoisotopic (exact) mass is 367 g/mol. The number of hydrogen-bond donors (Lipinski definition) is 3. The number of rotatable bonds is 8. The van der Waals surface area contributed by atoms with Gasteiger partial charge in [-0.05, 0) is 0 Å². The minimum absolute atomic E-state index is 0.0295. The summed E-state index contributed by atoms with van der Waals surface area (Å²) in [6.07, 6.45) is -3.77. The summed E-state index contributed by atoms with van der Waals surface area (Å²) >= 11 is 5.53. The fourth-order valence-electron chi connectivity index (χ4n) is 2.50. The van der Waals surface area contributed by atoms with Gasteiger partial charge in [0.1, 0.15) is 18.3 Å². The molecule has 1 fully saturated rings. The summed E-state index contributed by atoms with van der Waals surface area (Å²) in [7, 11) is 1.27. The highest BCUT2D eigenvalue weighted by Gasteiger charge is 2.49. The molecule has 1 rings (SSSR count). The van der Waals surface area contributed by atoms with Crippen molar-refractivity contribution >= 4 is 17.6 Å². The Kier molecular flexibility index (Phi) is 8.53. The molecular formula is C13H22ClN3O7. The number of aliphatic hydroxyl groups is 3. The number of carbonyl (C=O) groups excluding carboxylic acids is 1. The molecule has 0 aliphatic carbocycles. The molecule has 10 nitrogen and oxygen atoms in total. The van der Waals surface area contributed by atoms with Gasteiger partial charge in [-0.3, -0.25) is 0 Å². The first-order valence-electron chi connectivity index (χ1n) is 7.20. The Morgan fingerprint density at radius 3 is 2.58 bits per heavy atom. The van der Waals surface area contributed by atoms with Gasteiger partial charge in [0, 0.05) is 19.5 Å². The first-order chi connectivity index (χ1) is 11.5. The third-order valence-electron chi connectivity index (χ3n) is 3.63. The lowest BCUT2D eigenvalue weighted by Gasteiger charge is -2.46. The van der Waals surface area contributed by atoms with Gasteiger partial charge in [0.2, 0.25) is 0 Å². The van der Waals surface area contributed by atoms with Gasteiger partial charge in [-0.2, -0.15) is 5.01 Å². The summed E-state index contributed by atoms with van der Waals surface area (Å²) in [5.74, 6) is -0.0295. The summed E-state index contributed by atoms with van der Waals surface area (Å²) in [6.45, 7) is 2.71. The Bertz CT molecular complexity index is 426. The Morgan fingerprint density at radius 2 is 2.12 bits per heavy atom. The predicted molar refractivity (Wildman–Crippen MR) is 84.1 cm³/mol. The van der Waals surface area contributed by atoms with Crippen LogP contribution in [0.3, 0.4) is 0 Å². The molecule has 2 amide bonds. The lowest BCUT2D eigenvalue weighted by atomic mass is 9.94. The molecule has 1 aliphatic rings. The van der Waals surface area contributed by atoms with Gasteiger partial charge in [-0.1, -0.05) is 6.08 Å². The standard InChI is InChI=1S/C13H22ClN3O7/c1-3-5-16(13(21)17(15-22)6-4-14)9-10(19)8(7-18)24-12(23-2)11(9)20/h3,8-12,18-20H,1,4-7H2,2H3/t8-,9-,10-,11-,12+/m1/s1. The van der Waals surface area contributed by atoms with E-state index < -0.39 is 43.3 Å². The van der Waals surface area contributed by atoms with E-state index in [0.717, 1.165) is 4.90 Å². The first kappa shape index (κ1) is 20.7. The number of alkyl halides is 1. The normalized spacial score (nSPS) is 29.8. The van der Waals surface area contributed by atoms with Crippen LogP contribution in [0.15, 0.2) is 17.9 Å². The molecule has 0 aromatic rings. The molecule has 0 unspecified atom stereocenters. The maximum Gasteiger partial charge on any atom is 0.343 e. The third-order valence-corrected chi connectivity index (χ3v) is 3.80. The van der Waals surface area contributed by atoms with E-state index in [1.54, 1.807) is 0 Å². The Labute approximate surface area is 144 Å². The minimum atomic E-state index is -1.43. The second-order valence-electron chi connectivity index (χ2n) is 5.05. The molecule has 0 spiro atoms. The van der Waals surface area contributed by atoms with Gasteiger partial charge < -0.3 is 29.7 Å². The molecule has 1 saturated heterocycles. The lowest BCUT2D eigenvalue weighted by molar-refractivity contribution is -0.280. The molecule has 0 aromatic heterocycles. The predicted octanol–water partition coefficient (Wildman–Crippen LogP) is -0.729. The summed E-state index contributed by atoms with van der Waals surface area (Å²) < 4.78 is 10.2. The van der Waals surface area contributed by atoms with E-state index in [0.29, 0.717) is 5.01 Å². The van der Waals surface area contributed by atoms with Crippen molar-refractivity contribution in [3.63, 3.8) is 0 Å². The zero-order chi connectivity index (χ0) is 18.3. The minimum Gasteiger partial charge on any atom is -0.394 e. The van der Waals surface area contributed by atoms with Crippen LogP contribution in [0.2, 0.25) is 0 Å².